The van der Waals surface area contributed by atoms with Crippen molar-refractivity contribution in [3.8, 4) is 5.88 Å². The van der Waals surface area contributed by atoms with Crippen molar-refractivity contribution >= 4 is 11.7 Å². The largest absolute Gasteiger partial charge is 0.481 e. The number of anilines is 1. The Morgan fingerprint density at radius 3 is 2.95 bits per heavy atom. The van der Waals surface area contributed by atoms with Crippen LogP contribution in [0.1, 0.15) is 15.9 Å². The Labute approximate surface area is 115 Å². The number of benzene rings is 1. The maximum Gasteiger partial charge on any atom is 0.340 e. The van der Waals surface area contributed by atoms with Crippen molar-refractivity contribution < 1.29 is 18.7 Å². The summed E-state index contributed by atoms with van der Waals surface area (Å²) in [5, 5.41) is 0. The smallest absolute Gasteiger partial charge is 0.340 e. The molecule has 1 aromatic carbocycles. The van der Waals surface area contributed by atoms with Crippen LogP contribution in [0.5, 0.6) is 5.88 Å². The van der Waals surface area contributed by atoms with Crippen molar-refractivity contribution in [3.63, 3.8) is 0 Å². The Kier molecular flexibility index (Phi) is 4.14. The fourth-order valence-corrected chi connectivity index (χ4v) is 1.64. The van der Waals surface area contributed by atoms with Crippen molar-refractivity contribution in [3.05, 3.63) is 53.5 Å². The van der Waals surface area contributed by atoms with E-state index in [1.807, 2.05) is 0 Å². The van der Waals surface area contributed by atoms with Gasteiger partial charge in [0.1, 0.15) is 12.4 Å². The van der Waals surface area contributed by atoms with Gasteiger partial charge in [0, 0.05) is 11.9 Å². The Balaban J connectivity index is 2.11. The summed E-state index contributed by atoms with van der Waals surface area (Å²) in [7, 11) is 1.47. The van der Waals surface area contributed by atoms with Gasteiger partial charge in [0.05, 0.1) is 18.2 Å². The number of hydrogen-bond donors (Lipinski definition) is 1. The van der Waals surface area contributed by atoms with E-state index in [4.69, 9.17) is 15.2 Å². The van der Waals surface area contributed by atoms with Gasteiger partial charge in [0.25, 0.3) is 0 Å². The van der Waals surface area contributed by atoms with Crippen LogP contribution in [0.4, 0.5) is 10.1 Å². The molecule has 0 bridgehead atoms. The molecule has 2 N–H and O–H groups in total. The van der Waals surface area contributed by atoms with Gasteiger partial charge in [-0.25, -0.2) is 14.2 Å². The van der Waals surface area contributed by atoms with E-state index in [2.05, 4.69) is 4.98 Å². The number of nitrogens with two attached hydrogens (primary N) is 1. The molecular formula is C14H13FN2O3. The van der Waals surface area contributed by atoms with Gasteiger partial charge >= 0.3 is 5.97 Å². The minimum Gasteiger partial charge on any atom is -0.481 e. The van der Waals surface area contributed by atoms with E-state index in [9.17, 15) is 9.18 Å². The second kappa shape index (κ2) is 6.01. The predicted molar refractivity (Wildman–Crippen MR) is 70.7 cm³/mol. The van der Waals surface area contributed by atoms with Crippen molar-refractivity contribution in [2.24, 2.45) is 0 Å². The molecule has 0 saturated heterocycles. The van der Waals surface area contributed by atoms with Gasteiger partial charge in [0.2, 0.25) is 5.88 Å². The molecule has 0 fully saturated rings. The van der Waals surface area contributed by atoms with Crippen molar-refractivity contribution in [1.82, 2.24) is 4.98 Å². The van der Waals surface area contributed by atoms with Crippen LogP contribution >= 0.6 is 0 Å². The zero-order valence-corrected chi connectivity index (χ0v) is 10.8. The van der Waals surface area contributed by atoms with Crippen LogP contribution in [-0.2, 0) is 11.3 Å². The fraction of sp³-hybridized carbons (Fsp3) is 0.143. The number of methoxy groups -OCH3 is 1. The Morgan fingerprint density at radius 1 is 1.40 bits per heavy atom. The number of pyridine rings is 1. The lowest BCUT2D eigenvalue weighted by atomic mass is 10.2. The number of carbonyl (C=O) groups excluding carboxylic acids is 1. The average Bonchev–Trinajstić information content (AvgIpc) is 2.47. The lowest BCUT2D eigenvalue weighted by Gasteiger charge is -2.09. The molecule has 0 spiro atoms. The van der Waals surface area contributed by atoms with Gasteiger partial charge < -0.3 is 15.2 Å². The van der Waals surface area contributed by atoms with E-state index < -0.39 is 11.8 Å². The summed E-state index contributed by atoms with van der Waals surface area (Å²) in [6.07, 6.45) is 1.56. The molecule has 1 aromatic heterocycles. The number of esters is 1. The molecule has 0 aliphatic rings. The molecule has 1 heterocycles. The molecular weight excluding hydrogens is 263 g/mol. The maximum atomic E-state index is 13.1. The first kappa shape index (κ1) is 13.8. The van der Waals surface area contributed by atoms with Crippen molar-refractivity contribution in [2.75, 3.05) is 12.8 Å². The molecule has 0 aliphatic heterocycles. The number of hydrogen-bond acceptors (Lipinski definition) is 5. The third kappa shape index (κ3) is 3.03. The Hall–Kier alpha value is -2.63. The first-order chi connectivity index (χ1) is 9.61. The highest BCUT2D eigenvalue weighted by molar-refractivity contribution is 5.95. The van der Waals surface area contributed by atoms with Gasteiger partial charge in [-0.1, -0.05) is 0 Å². The zero-order valence-electron chi connectivity index (χ0n) is 10.8. The molecule has 0 saturated carbocycles. The van der Waals surface area contributed by atoms with Gasteiger partial charge in [0.15, 0.2) is 0 Å². The van der Waals surface area contributed by atoms with E-state index in [1.54, 1.807) is 18.3 Å². The molecule has 0 unspecified atom stereocenters. The van der Waals surface area contributed by atoms with Crippen LogP contribution in [0, 0.1) is 5.82 Å². The number of nitrogen functional groups attached to an aromatic ring is 1. The number of aromatic nitrogens is 1. The van der Waals surface area contributed by atoms with Crippen LogP contribution in [0.15, 0.2) is 36.5 Å². The first-order valence-corrected chi connectivity index (χ1v) is 5.82. The third-order valence-electron chi connectivity index (χ3n) is 2.64. The maximum absolute atomic E-state index is 13.1. The predicted octanol–water partition coefficient (Wildman–Crippen LogP) is 2.17. The molecule has 20 heavy (non-hydrogen) atoms. The molecule has 5 nitrogen and oxygen atoms in total. The van der Waals surface area contributed by atoms with Gasteiger partial charge in [-0.15, -0.1) is 0 Å². The minimum atomic E-state index is -0.701. The van der Waals surface area contributed by atoms with Crippen LogP contribution in [0.2, 0.25) is 0 Å². The van der Waals surface area contributed by atoms with Crippen molar-refractivity contribution in [2.45, 2.75) is 6.61 Å². The molecule has 6 heteroatoms. The van der Waals surface area contributed by atoms with Crippen LogP contribution in [-0.4, -0.2) is 18.1 Å². The second-order valence-corrected chi connectivity index (χ2v) is 3.98. The molecule has 0 atom stereocenters. The topological polar surface area (TPSA) is 74.4 Å². The normalized spacial score (nSPS) is 10.1. The van der Waals surface area contributed by atoms with Crippen LogP contribution < -0.4 is 10.5 Å². The van der Waals surface area contributed by atoms with E-state index in [-0.39, 0.29) is 17.9 Å². The monoisotopic (exact) mass is 276 g/mol. The fourth-order valence-electron chi connectivity index (χ4n) is 1.64. The highest BCUT2D eigenvalue weighted by Gasteiger charge is 2.14. The first-order valence-electron chi connectivity index (χ1n) is 5.82. The Bertz CT molecular complexity index is 632. The Morgan fingerprint density at radius 2 is 2.20 bits per heavy atom. The number of halogens is 1. The second-order valence-electron chi connectivity index (χ2n) is 3.98. The lowest BCUT2D eigenvalue weighted by Crippen LogP contribution is -2.09. The molecule has 0 radical (unpaired) electrons. The summed E-state index contributed by atoms with van der Waals surface area (Å²) >= 11 is 0. The minimum absolute atomic E-state index is 0.00661. The summed E-state index contributed by atoms with van der Waals surface area (Å²) in [4.78, 5) is 15.8. The van der Waals surface area contributed by atoms with Crippen molar-refractivity contribution in [1.29, 1.82) is 0 Å². The summed E-state index contributed by atoms with van der Waals surface area (Å²) in [6, 6.07) is 6.95. The number of ether oxygens (including phenoxy) is 2. The van der Waals surface area contributed by atoms with E-state index >= 15 is 0 Å². The number of rotatable bonds is 4. The highest BCUT2D eigenvalue weighted by atomic mass is 19.1. The zero-order chi connectivity index (χ0) is 14.5. The van der Waals surface area contributed by atoms with E-state index in [0.717, 1.165) is 6.07 Å². The average molecular weight is 276 g/mol. The standard InChI is InChI=1S/C14H13FN2O3/c1-19-13-9(3-2-6-17-13)8-20-14(18)11-7-10(15)4-5-12(11)16/h2-7H,8,16H2,1H3. The number of nitrogens with zero attached hydrogens (tertiary/aromatic N) is 1. The summed E-state index contributed by atoms with van der Waals surface area (Å²) in [5.74, 6) is -0.884. The van der Waals surface area contributed by atoms with Gasteiger partial charge in [-0.05, 0) is 30.3 Å². The van der Waals surface area contributed by atoms with E-state index in [0.29, 0.717) is 11.4 Å². The summed E-state index contributed by atoms with van der Waals surface area (Å²) < 4.78 is 23.2. The SMILES string of the molecule is COc1ncccc1COC(=O)c1cc(F)ccc1N. The molecule has 0 aliphatic carbocycles. The molecule has 104 valence electrons. The number of carbonyl (C=O) groups is 1. The quantitative estimate of drug-likeness (QED) is 0.684. The molecule has 2 aromatic rings. The molecule has 2 rings (SSSR count). The van der Waals surface area contributed by atoms with Gasteiger partial charge in [-0.2, -0.15) is 0 Å². The highest BCUT2D eigenvalue weighted by Crippen LogP contribution is 2.18. The van der Waals surface area contributed by atoms with Gasteiger partial charge in [-0.3, -0.25) is 0 Å². The molecule has 0 amide bonds. The van der Waals surface area contributed by atoms with Crippen LogP contribution in [0.25, 0.3) is 0 Å². The third-order valence-corrected chi connectivity index (χ3v) is 2.64. The van der Waals surface area contributed by atoms with E-state index in [1.165, 1.54) is 19.2 Å². The summed E-state index contributed by atoms with van der Waals surface area (Å²) in [5.41, 5.74) is 6.38. The lowest BCUT2D eigenvalue weighted by molar-refractivity contribution is 0.0470. The summed E-state index contributed by atoms with van der Waals surface area (Å²) in [6.45, 7) is -0.0359. The van der Waals surface area contributed by atoms with Crippen LogP contribution in [0.3, 0.4) is 0 Å².